The van der Waals surface area contributed by atoms with Gasteiger partial charge in [0.05, 0.1) is 7.11 Å². The molecule has 4 N–H and O–H groups in total. The number of phenols is 1. The molecule has 7 nitrogen and oxygen atoms in total. The predicted octanol–water partition coefficient (Wildman–Crippen LogP) is 2.25. The molecule has 3 rings (SSSR count). The molecule has 1 fully saturated rings. The minimum atomic E-state index is -0.955. The average molecular weight is 447 g/mol. The Morgan fingerprint density at radius 1 is 1.22 bits per heavy atom. The van der Waals surface area contributed by atoms with E-state index in [0.29, 0.717) is 30.7 Å². The van der Waals surface area contributed by atoms with Crippen molar-refractivity contribution in [2.24, 2.45) is 5.73 Å². The summed E-state index contributed by atoms with van der Waals surface area (Å²) in [6.07, 6.45) is 1.47. The topological polar surface area (TPSA) is 105 Å². The van der Waals surface area contributed by atoms with Gasteiger partial charge in [0.2, 0.25) is 11.8 Å². The van der Waals surface area contributed by atoms with Gasteiger partial charge in [-0.25, -0.2) is 8.78 Å². The highest BCUT2D eigenvalue weighted by atomic mass is 19.2. The normalized spacial score (nSPS) is 16.6. The Kier molecular flexibility index (Phi) is 7.63. The summed E-state index contributed by atoms with van der Waals surface area (Å²) in [6.45, 7) is 0.686. The first kappa shape index (κ1) is 23.5. The number of hydrogen-bond donors (Lipinski definition) is 3. The number of methoxy groups -OCH3 is 1. The molecular weight excluding hydrogens is 420 g/mol. The van der Waals surface area contributed by atoms with E-state index in [1.807, 2.05) is 0 Å². The summed E-state index contributed by atoms with van der Waals surface area (Å²) < 4.78 is 31.5. The van der Waals surface area contributed by atoms with Crippen molar-refractivity contribution in [3.63, 3.8) is 0 Å². The van der Waals surface area contributed by atoms with E-state index >= 15 is 0 Å². The molecular formula is C23H27F2N3O4. The van der Waals surface area contributed by atoms with Crippen LogP contribution in [0.3, 0.4) is 0 Å². The highest BCUT2D eigenvalue weighted by Crippen LogP contribution is 2.26. The van der Waals surface area contributed by atoms with Crippen molar-refractivity contribution in [1.29, 1.82) is 0 Å². The van der Waals surface area contributed by atoms with E-state index in [-0.39, 0.29) is 37.0 Å². The summed E-state index contributed by atoms with van der Waals surface area (Å²) in [5.74, 6) is -2.08. The Hall–Kier alpha value is -3.20. The third-order valence-electron chi connectivity index (χ3n) is 5.51. The molecule has 0 bridgehead atoms. The third-order valence-corrected chi connectivity index (χ3v) is 5.51. The van der Waals surface area contributed by atoms with Crippen LogP contribution in [0.2, 0.25) is 0 Å². The lowest BCUT2D eigenvalue weighted by atomic mass is 10.0. The van der Waals surface area contributed by atoms with E-state index in [0.717, 1.165) is 17.7 Å². The van der Waals surface area contributed by atoms with Gasteiger partial charge in [-0.05, 0) is 54.7 Å². The SMILES string of the molecule is COc1cc(CNC(=O)[C@@H]2CCCN2C(=O)C[C@H](N)Cc2ccc(F)c(F)c2)ccc1O. The van der Waals surface area contributed by atoms with Crippen LogP contribution in [0, 0.1) is 11.6 Å². The highest BCUT2D eigenvalue weighted by Gasteiger charge is 2.34. The largest absolute Gasteiger partial charge is 0.504 e. The van der Waals surface area contributed by atoms with Crippen LogP contribution >= 0.6 is 0 Å². The summed E-state index contributed by atoms with van der Waals surface area (Å²) in [4.78, 5) is 27.0. The quantitative estimate of drug-likeness (QED) is 0.576. The first-order chi connectivity index (χ1) is 15.3. The van der Waals surface area contributed by atoms with Crippen LogP contribution < -0.4 is 15.8 Å². The number of halogens is 2. The van der Waals surface area contributed by atoms with E-state index in [1.54, 1.807) is 12.1 Å². The van der Waals surface area contributed by atoms with Gasteiger partial charge in [0.1, 0.15) is 6.04 Å². The number of nitrogens with one attached hydrogen (secondary N) is 1. The van der Waals surface area contributed by atoms with Crippen LogP contribution in [-0.2, 0) is 22.6 Å². The Morgan fingerprint density at radius 3 is 2.69 bits per heavy atom. The highest BCUT2D eigenvalue weighted by molar-refractivity contribution is 5.88. The van der Waals surface area contributed by atoms with Crippen molar-refractivity contribution in [2.75, 3.05) is 13.7 Å². The first-order valence-corrected chi connectivity index (χ1v) is 10.4. The minimum Gasteiger partial charge on any atom is -0.504 e. The van der Waals surface area contributed by atoms with Crippen molar-refractivity contribution >= 4 is 11.8 Å². The van der Waals surface area contributed by atoms with Gasteiger partial charge < -0.3 is 25.8 Å². The van der Waals surface area contributed by atoms with Crippen molar-refractivity contribution in [3.8, 4) is 11.5 Å². The fraction of sp³-hybridized carbons (Fsp3) is 0.391. The summed E-state index contributed by atoms with van der Waals surface area (Å²) in [6, 6.07) is 7.16. The molecule has 2 amide bonds. The summed E-state index contributed by atoms with van der Waals surface area (Å²) in [7, 11) is 1.44. The monoisotopic (exact) mass is 447 g/mol. The van der Waals surface area contributed by atoms with Crippen LogP contribution in [0.1, 0.15) is 30.4 Å². The van der Waals surface area contributed by atoms with Crippen molar-refractivity contribution < 1.29 is 28.2 Å². The molecule has 2 aromatic carbocycles. The number of benzene rings is 2. The van der Waals surface area contributed by atoms with E-state index in [4.69, 9.17) is 10.5 Å². The second kappa shape index (κ2) is 10.4. The fourth-order valence-corrected chi connectivity index (χ4v) is 3.86. The molecule has 172 valence electrons. The molecule has 1 heterocycles. The Balaban J connectivity index is 1.54. The number of nitrogens with zero attached hydrogens (tertiary/aromatic N) is 1. The Labute approximate surface area is 185 Å². The van der Waals surface area contributed by atoms with Gasteiger partial charge in [-0.15, -0.1) is 0 Å². The zero-order valence-electron chi connectivity index (χ0n) is 17.8. The molecule has 32 heavy (non-hydrogen) atoms. The molecule has 2 aromatic rings. The molecule has 0 radical (unpaired) electrons. The molecule has 2 atom stereocenters. The van der Waals surface area contributed by atoms with Gasteiger partial charge in [0.15, 0.2) is 23.1 Å². The second-order valence-electron chi connectivity index (χ2n) is 7.89. The minimum absolute atomic E-state index is 0.00205. The summed E-state index contributed by atoms with van der Waals surface area (Å²) in [5, 5.41) is 12.5. The van der Waals surface area contributed by atoms with Crippen LogP contribution in [0.4, 0.5) is 8.78 Å². The van der Waals surface area contributed by atoms with Crippen molar-refractivity contribution in [1.82, 2.24) is 10.2 Å². The lowest BCUT2D eigenvalue weighted by Gasteiger charge is -2.25. The van der Waals surface area contributed by atoms with E-state index in [1.165, 1.54) is 24.1 Å². The van der Waals surface area contributed by atoms with Crippen molar-refractivity contribution in [2.45, 2.75) is 44.3 Å². The molecule has 0 spiro atoms. The summed E-state index contributed by atoms with van der Waals surface area (Å²) in [5.41, 5.74) is 7.31. The third kappa shape index (κ3) is 5.73. The molecule has 1 aliphatic rings. The Morgan fingerprint density at radius 2 is 1.97 bits per heavy atom. The number of likely N-dealkylation sites (tertiary alicyclic amines) is 1. The lowest BCUT2D eigenvalue weighted by Crippen LogP contribution is -2.47. The standard InChI is InChI=1S/C23H27F2N3O4/c1-32-21-11-15(5-7-20(21)29)13-27-23(31)19-3-2-8-28(19)22(30)12-16(26)9-14-4-6-17(24)18(25)10-14/h4-7,10-11,16,19,29H,2-3,8-9,12-13,26H2,1H3,(H,27,31)/t16-,19+/m1/s1. The summed E-state index contributed by atoms with van der Waals surface area (Å²) >= 11 is 0. The number of nitrogens with two attached hydrogens (primary N) is 1. The molecule has 0 aromatic heterocycles. The smallest absolute Gasteiger partial charge is 0.243 e. The van der Waals surface area contributed by atoms with E-state index < -0.39 is 23.7 Å². The van der Waals surface area contributed by atoms with Gasteiger partial charge in [-0.3, -0.25) is 9.59 Å². The number of carbonyl (C=O) groups is 2. The predicted molar refractivity (Wildman–Crippen MR) is 114 cm³/mol. The number of phenolic OH excluding ortho intramolecular Hbond substituents is 1. The van der Waals surface area contributed by atoms with Crippen LogP contribution in [0.5, 0.6) is 11.5 Å². The van der Waals surface area contributed by atoms with Crippen LogP contribution in [0.15, 0.2) is 36.4 Å². The maximum atomic E-state index is 13.4. The number of carbonyl (C=O) groups excluding carboxylic acids is 2. The zero-order valence-corrected chi connectivity index (χ0v) is 17.8. The maximum Gasteiger partial charge on any atom is 0.243 e. The van der Waals surface area contributed by atoms with E-state index in [2.05, 4.69) is 5.32 Å². The van der Waals surface area contributed by atoms with Gasteiger partial charge in [0.25, 0.3) is 0 Å². The number of amides is 2. The fourth-order valence-electron chi connectivity index (χ4n) is 3.86. The second-order valence-corrected chi connectivity index (χ2v) is 7.89. The van der Waals surface area contributed by atoms with Gasteiger partial charge in [0, 0.05) is 25.6 Å². The number of aromatic hydroxyl groups is 1. The Bertz CT molecular complexity index is 986. The zero-order chi connectivity index (χ0) is 23.3. The lowest BCUT2D eigenvalue weighted by molar-refractivity contribution is -0.138. The molecule has 0 saturated carbocycles. The van der Waals surface area contributed by atoms with Gasteiger partial charge in [-0.1, -0.05) is 12.1 Å². The van der Waals surface area contributed by atoms with Crippen LogP contribution in [-0.4, -0.2) is 47.6 Å². The molecule has 1 saturated heterocycles. The van der Waals surface area contributed by atoms with Crippen molar-refractivity contribution in [3.05, 3.63) is 59.2 Å². The number of ether oxygens (including phenoxy) is 1. The van der Waals surface area contributed by atoms with Crippen LogP contribution in [0.25, 0.3) is 0 Å². The molecule has 0 aliphatic carbocycles. The first-order valence-electron chi connectivity index (χ1n) is 10.4. The molecule has 9 heteroatoms. The maximum absolute atomic E-state index is 13.4. The molecule has 0 unspecified atom stereocenters. The average Bonchev–Trinajstić information content (AvgIpc) is 3.25. The van der Waals surface area contributed by atoms with Gasteiger partial charge in [-0.2, -0.15) is 0 Å². The number of hydrogen-bond acceptors (Lipinski definition) is 5. The molecule has 1 aliphatic heterocycles. The van der Waals surface area contributed by atoms with Gasteiger partial charge >= 0.3 is 0 Å². The number of rotatable bonds is 8. The van der Waals surface area contributed by atoms with E-state index in [9.17, 15) is 23.5 Å².